The van der Waals surface area contributed by atoms with Gasteiger partial charge in [0.25, 0.3) is 0 Å². The number of hydrogen-bond acceptors (Lipinski definition) is 2. The van der Waals surface area contributed by atoms with E-state index in [1.807, 2.05) is 37.3 Å². The molecule has 1 saturated carbocycles. The van der Waals surface area contributed by atoms with E-state index in [1.165, 1.54) is 25.7 Å². The van der Waals surface area contributed by atoms with Crippen molar-refractivity contribution < 1.29 is 9.53 Å². The quantitative estimate of drug-likeness (QED) is 0.742. The molecule has 17 heavy (non-hydrogen) atoms. The Balaban J connectivity index is 1.80. The number of carbonyl (C=O) groups excluding carboxylic acids is 1. The second kappa shape index (κ2) is 5.85. The Morgan fingerprint density at radius 3 is 2.59 bits per heavy atom. The van der Waals surface area contributed by atoms with E-state index in [2.05, 4.69) is 0 Å². The van der Waals surface area contributed by atoms with E-state index in [4.69, 9.17) is 4.74 Å². The van der Waals surface area contributed by atoms with Crippen molar-refractivity contribution in [1.29, 1.82) is 0 Å². The Hall–Kier alpha value is -1.31. The number of hydrogen-bond donors (Lipinski definition) is 0. The molecule has 0 aliphatic heterocycles. The van der Waals surface area contributed by atoms with Gasteiger partial charge in [-0.1, -0.05) is 50.1 Å². The molecule has 0 bridgehead atoms. The minimum Gasteiger partial charge on any atom is -0.461 e. The summed E-state index contributed by atoms with van der Waals surface area (Å²) < 4.78 is 5.36. The van der Waals surface area contributed by atoms with Crippen LogP contribution in [0.25, 0.3) is 0 Å². The van der Waals surface area contributed by atoms with Crippen LogP contribution in [0.3, 0.4) is 0 Å². The first-order valence-electron chi connectivity index (χ1n) is 6.48. The van der Waals surface area contributed by atoms with Crippen LogP contribution in [0.15, 0.2) is 30.3 Å². The highest BCUT2D eigenvalue weighted by Crippen LogP contribution is 2.31. The summed E-state index contributed by atoms with van der Waals surface area (Å²) in [6, 6.07) is 9.85. The lowest BCUT2D eigenvalue weighted by molar-refractivity contribution is -0.151. The smallest absolute Gasteiger partial charge is 0.309 e. The van der Waals surface area contributed by atoms with Crippen LogP contribution in [0.2, 0.25) is 0 Å². The fraction of sp³-hybridized carbons (Fsp3) is 0.533. The minimum atomic E-state index is -0.0410. The molecular weight excluding hydrogens is 212 g/mol. The first-order chi connectivity index (χ1) is 8.27. The van der Waals surface area contributed by atoms with Crippen molar-refractivity contribution in [3.8, 4) is 0 Å². The summed E-state index contributed by atoms with van der Waals surface area (Å²) in [6.45, 7) is 2.40. The molecule has 2 heteroatoms. The van der Waals surface area contributed by atoms with E-state index >= 15 is 0 Å². The summed E-state index contributed by atoms with van der Waals surface area (Å²) in [5.74, 6) is 0.556. The predicted octanol–water partition coefficient (Wildman–Crippen LogP) is 3.56. The van der Waals surface area contributed by atoms with Gasteiger partial charge in [-0.15, -0.1) is 0 Å². The summed E-state index contributed by atoms with van der Waals surface area (Å²) in [6.07, 6.45) is 4.89. The molecule has 0 aromatic heterocycles. The van der Waals surface area contributed by atoms with Crippen LogP contribution >= 0.6 is 0 Å². The molecular formula is C15H20O2. The van der Waals surface area contributed by atoms with Crippen LogP contribution in [-0.2, 0) is 16.1 Å². The largest absolute Gasteiger partial charge is 0.461 e. The Kier molecular flexibility index (Phi) is 4.18. The van der Waals surface area contributed by atoms with E-state index < -0.39 is 0 Å². The van der Waals surface area contributed by atoms with Gasteiger partial charge in [-0.25, -0.2) is 0 Å². The highest BCUT2D eigenvalue weighted by Gasteiger charge is 2.27. The summed E-state index contributed by atoms with van der Waals surface area (Å²) in [5, 5.41) is 0. The minimum absolute atomic E-state index is 0.0410. The molecule has 2 nitrogen and oxygen atoms in total. The molecule has 0 radical (unpaired) electrons. The number of esters is 1. The molecule has 2 rings (SSSR count). The third kappa shape index (κ3) is 3.32. The van der Waals surface area contributed by atoms with Gasteiger partial charge in [0.15, 0.2) is 0 Å². The second-order valence-electron chi connectivity index (χ2n) is 4.93. The van der Waals surface area contributed by atoms with Gasteiger partial charge >= 0.3 is 5.97 Å². The fourth-order valence-corrected chi connectivity index (χ4v) is 2.51. The zero-order valence-electron chi connectivity index (χ0n) is 10.4. The van der Waals surface area contributed by atoms with Crippen molar-refractivity contribution in [3.63, 3.8) is 0 Å². The molecule has 92 valence electrons. The van der Waals surface area contributed by atoms with Crippen LogP contribution < -0.4 is 0 Å². The summed E-state index contributed by atoms with van der Waals surface area (Å²) in [4.78, 5) is 11.9. The Morgan fingerprint density at radius 1 is 1.29 bits per heavy atom. The molecule has 0 heterocycles. The standard InChI is InChI=1S/C15H20O2/c1-12(14-9-5-6-10-14)15(16)17-11-13-7-3-2-4-8-13/h2-4,7-8,12,14H,5-6,9-11H2,1H3/t12-/m1/s1. The van der Waals surface area contributed by atoms with Crippen LogP contribution in [0.4, 0.5) is 0 Å². The van der Waals surface area contributed by atoms with Gasteiger partial charge in [0, 0.05) is 0 Å². The van der Waals surface area contributed by atoms with Gasteiger partial charge < -0.3 is 4.74 Å². The molecule has 1 aromatic rings. The van der Waals surface area contributed by atoms with Crippen LogP contribution in [0.1, 0.15) is 38.2 Å². The number of ether oxygens (including phenoxy) is 1. The normalized spacial score (nSPS) is 17.9. The maximum Gasteiger partial charge on any atom is 0.309 e. The van der Waals surface area contributed by atoms with E-state index in [0.717, 1.165) is 5.56 Å². The van der Waals surface area contributed by atoms with Crippen LogP contribution in [-0.4, -0.2) is 5.97 Å². The molecule has 1 fully saturated rings. The number of benzene rings is 1. The van der Waals surface area contributed by atoms with Crippen LogP contribution in [0.5, 0.6) is 0 Å². The van der Waals surface area contributed by atoms with Crippen molar-refractivity contribution >= 4 is 5.97 Å². The summed E-state index contributed by atoms with van der Waals surface area (Å²) in [7, 11) is 0. The zero-order chi connectivity index (χ0) is 12.1. The molecule has 0 saturated heterocycles. The molecule has 0 unspecified atom stereocenters. The Morgan fingerprint density at radius 2 is 1.94 bits per heavy atom. The van der Waals surface area contributed by atoms with Gasteiger partial charge in [-0.3, -0.25) is 4.79 Å². The maximum atomic E-state index is 11.9. The van der Waals surface area contributed by atoms with Gasteiger partial charge in [0.05, 0.1) is 5.92 Å². The van der Waals surface area contributed by atoms with Crippen LogP contribution in [0, 0.1) is 11.8 Å². The fourth-order valence-electron chi connectivity index (χ4n) is 2.51. The average Bonchev–Trinajstić information content (AvgIpc) is 2.90. The Bertz CT molecular complexity index is 352. The molecule has 1 aromatic carbocycles. The van der Waals surface area contributed by atoms with E-state index in [1.54, 1.807) is 0 Å². The second-order valence-corrected chi connectivity index (χ2v) is 4.93. The third-order valence-electron chi connectivity index (χ3n) is 3.70. The van der Waals surface area contributed by atoms with Gasteiger partial charge in [0.1, 0.15) is 6.61 Å². The van der Waals surface area contributed by atoms with Crippen molar-refractivity contribution in [2.24, 2.45) is 11.8 Å². The Labute approximate surface area is 103 Å². The topological polar surface area (TPSA) is 26.3 Å². The third-order valence-corrected chi connectivity index (χ3v) is 3.70. The average molecular weight is 232 g/mol. The SMILES string of the molecule is C[C@@H](C(=O)OCc1ccccc1)C1CCCC1. The van der Waals surface area contributed by atoms with Gasteiger partial charge in [-0.05, 0) is 24.3 Å². The van der Waals surface area contributed by atoms with E-state index in [-0.39, 0.29) is 11.9 Å². The highest BCUT2D eigenvalue weighted by molar-refractivity contribution is 5.72. The van der Waals surface area contributed by atoms with Crippen molar-refractivity contribution in [2.75, 3.05) is 0 Å². The van der Waals surface area contributed by atoms with Gasteiger partial charge in [0.2, 0.25) is 0 Å². The number of carbonyl (C=O) groups is 1. The first-order valence-corrected chi connectivity index (χ1v) is 6.48. The summed E-state index contributed by atoms with van der Waals surface area (Å²) in [5.41, 5.74) is 1.06. The maximum absolute atomic E-state index is 11.9. The predicted molar refractivity (Wildman–Crippen MR) is 67.4 cm³/mol. The monoisotopic (exact) mass is 232 g/mol. The molecule has 0 spiro atoms. The zero-order valence-corrected chi connectivity index (χ0v) is 10.4. The first kappa shape index (κ1) is 12.2. The lowest BCUT2D eigenvalue weighted by atomic mass is 9.93. The molecule has 1 atom stereocenters. The summed E-state index contributed by atoms with van der Waals surface area (Å²) >= 11 is 0. The van der Waals surface area contributed by atoms with Gasteiger partial charge in [-0.2, -0.15) is 0 Å². The number of rotatable bonds is 4. The van der Waals surface area contributed by atoms with Crippen molar-refractivity contribution in [2.45, 2.75) is 39.2 Å². The van der Waals surface area contributed by atoms with E-state index in [9.17, 15) is 4.79 Å². The molecule has 0 N–H and O–H groups in total. The molecule has 0 amide bonds. The lowest BCUT2D eigenvalue weighted by Crippen LogP contribution is -2.21. The lowest BCUT2D eigenvalue weighted by Gasteiger charge is -2.17. The molecule has 1 aliphatic carbocycles. The highest BCUT2D eigenvalue weighted by atomic mass is 16.5. The van der Waals surface area contributed by atoms with E-state index in [0.29, 0.717) is 12.5 Å². The van der Waals surface area contributed by atoms with Crippen molar-refractivity contribution in [3.05, 3.63) is 35.9 Å². The van der Waals surface area contributed by atoms with Crippen molar-refractivity contribution in [1.82, 2.24) is 0 Å². The molecule has 1 aliphatic rings.